The summed E-state index contributed by atoms with van der Waals surface area (Å²) in [6.45, 7) is 3.27. The molecule has 0 radical (unpaired) electrons. The molecule has 0 saturated carbocycles. The van der Waals surface area contributed by atoms with Gasteiger partial charge in [0, 0.05) is 43.1 Å². The number of nitrogens with one attached hydrogen (secondary N) is 1. The average Bonchev–Trinajstić information content (AvgIpc) is 2.96. The third kappa shape index (κ3) is 5.25. The molecule has 31 heavy (non-hydrogen) atoms. The van der Waals surface area contributed by atoms with E-state index in [0.717, 1.165) is 41.4 Å². The van der Waals surface area contributed by atoms with Gasteiger partial charge >= 0.3 is 5.69 Å². The van der Waals surface area contributed by atoms with Crippen LogP contribution in [0.5, 0.6) is 0 Å². The summed E-state index contributed by atoms with van der Waals surface area (Å²) in [4.78, 5) is 29.5. The van der Waals surface area contributed by atoms with E-state index in [2.05, 4.69) is 15.4 Å². The van der Waals surface area contributed by atoms with Crippen molar-refractivity contribution in [1.29, 1.82) is 0 Å². The topological polar surface area (TPSA) is 81.8 Å². The first-order valence-corrected chi connectivity index (χ1v) is 11.7. The van der Waals surface area contributed by atoms with Gasteiger partial charge in [0.2, 0.25) is 0 Å². The normalized spacial score (nSPS) is 15.8. The predicted molar refractivity (Wildman–Crippen MR) is 121 cm³/mol. The molecule has 1 aromatic carbocycles. The molecule has 162 valence electrons. The van der Waals surface area contributed by atoms with Crippen LogP contribution in [0.15, 0.2) is 58.5 Å². The number of rotatable bonds is 7. The first-order valence-electron chi connectivity index (χ1n) is 10.7. The lowest BCUT2D eigenvalue weighted by atomic mass is 10.1. The van der Waals surface area contributed by atoms with E-state index in [1.807, 2.05) is 49.4 Å². The Bertz CT molecular complexity index is 1080. The van der Waals surface area contributed by atoms with Crippen LogP contribution in [0.3, 0.4) is 0 Å². The number of thioether (sulfide) groups is 1. The lowest BCUT2D eigenvalue weighted by Crippen LogP contribution is -2.35. The molecule has 0 fully saturated rings. The maximum atomic E-state index is 12.7. The zero-order valence-corrected chi connectivity index (χ0v) is 18.5. The van der Waals surface area contributed by atoms with Gasteiger partial charge in [-0.05, 0) is 49.1 Å². The number of amides is 1. The Morgan fingerprint density at radius 3 is 2.77 bits per heavy atom. The fraction of sp³-hybridized carbons (Fsp3) is 0.391. The summed E-state index contributed by atoms with van der Waals surface area (Å²) in [6.07, 6.45) is 4.88. The van der Waals surface area contributed by atoms with E-state index >= 15 is 0 Å². The van der Waals surface area contributed by atoms with Crippen molar-refractivity contribution in [2.75, 3.05) is 0 Å². The summed E-state index contributed by atoms with van der Waals surface area (Å²) < 4.78 is 3.32. The van der Waals surface area contributed by atoms with Crippen LogP contribution < -0.4 is 11.0 Å². The SMILES string of the molecule is CCCn1nc2n(c1=O)CCC(NC(=O)c1ccc(CSc3ccccn3)cc1)CC2. The molecular weight excluding hydrogens is 410 g/mol. The van der Waals surface area contributed by atoms with Crippen molar-refractivity contribution in [2.45, 2.75) is 62.5 Å². The molecule has 2 aromatic heterocycles. The van der Waals surface area contributed by atoms with Gasteiger partial charge in [0.05, 0.1) is 5.03 Å². The molecule has 1 atom stereocenters. The number of nitrogens with zero attached hydrogens (tertiary/aromatic N) is 4. The third-order valence-corrected chi connectivity index (χ3v) is 6.44. The van der Waals surface area contributed by atoms with E-state index in [-0.39, 0.29) is 17.6 Å². The average molecular weight is 438 g/mol. The van der Waals surface area contributed by atoms with Crippen LogP contribution in [-0.2, 0) is 25.3 Å². The van der Waals surface area contributed by atoms with E-state index in [1.165, 1.54) is 0 Å². The van der Waals surface area contributed by atoms with Crippen molar-refractivity contribution < 1.29 is 4.79 Å². The third-order valence-electron chi connectivity index (χ3n) is 5.43. The highest BCUT2D eigenvalue weighted by molar-refractivity contribution is 7.98. The molecule has 1 N–H and O–H groups in total. The summed E-state index contributed by atoms with van der Waals surface area (Å²) in [7, 11) is 0. The van der Waals surface area contributed by atoms with Gasteiger partial charge in [-0.2, -0.15) is 5.10 Å². The zero-order chi connectivity index (χ0) is 21.6. The molecule has 0 bridgehead atoms. The monoisotopic (exact) mass is 437 g/mol. The molecule has 8 heteroatoms. The van der Waals surface area contributed by atoms with Crippen LogP contribution in [0.25, 0.3) is 0 Å². The number of aromatic nitrogens is 4. The molecular formula is C23H27N5O2S. The maximum absolute atomic E-state index is 12.7. The van der Waals surface area contributed by atoms with Gasteiger partial charge in [0.15, 0.2) is 0 Å². The summed E-state index contributed by atoms with van der Waals surface area (Å²) >= 11 is 1.67. The minimum atomic E-state index is -0.0723. The Morgan fingerprint density at radius 2 is 2.03 bits per heavy atom. The Morgan fingerprint density at radius 1 is 1.19 bits per heavy atom. The Labute approximate surface area is 185 Å². The number of benzene rings is 1. The predicted octanol–water partition coefficient (Wildman–Crippen LogP) is 3.28. The molecule has 3 aromatic rings. The van der Waals surface area contributed by atoms with Crippen LogP contribution in [0, 0.1) is 0 Å². The van der Waals surface area contributed by atoms with Gasteiger partial charge < -0.3 is 5.32 Å². The van der Waals surface area contributed by atoms with E-state index < -0.39 is 0 Å². The van der Waals surface area contributed by atoms with E-state index in [9.17, 15) is 9.59 Å². The molecule has 0 saturated heterocycles. The van der Waals surface area contributed by atoms with Crippen molar-refractivity contribution >= 4 is 17.7 Å². The van der Waals surface area contributed by atoms with Gasteiger partial charge in [-0.15, -0.1) is 11.8 Å². The molecule has 1 unspecified atom stereocenters. The van der Waals surface area contributed by atoms with Gasteiger partial charge in [-0.25, -0.2) is 14.5 Å². The fourth-order valence-corrected chi connectivity index (χ4v) is 4.56. The standard InChI is InChI=1S/C23H27N5O2S/c1-2-14-28-23(30)27-15-12-19(10-11-20(27)26-28)25-22(29)18-8-6-17(7-9-18)16-31-21-5-3-4-13-24-21/h3-9,13,19H,2,10-12,14-16H2,1H3,(H,25,29). The van der Waals surface area contributed by atoms with Gasteiger partial charge in [0.25, 0.3) is 5.91 Å². The molecule has 0 aliphatic carbocycles. The Balaban J connectivity index is 1.31. The second-order valence-corrected chi connectivity index (χ2v) is 8.72. The number of aryl methyl sites for hydroxylation is 2. The van der Waals surface area contributed by atoms with E-state index in [4.69, 9.17) is 0 Å². The Kier molecular flexibility index (Phi) is 6.86. The highest BCUT2D eigenvalue weighted by Crippen LogP contribution is 2.20. The van der Waals surface area contributed by atoms with Gasteiger partial charge in [0.1, 0.15) is 5.82 Å². The highest BCUT2D eigenvalue weighted by atomic mass is 32.2. The van der Waals surface area contributed by atoms with Gasteiger partial charge in [-0.3, -0.25) is 9.36 Å². The van der Waals surface area contributed by atoms with Gasteiger partial charge in [-0.1, -0.05) is 25.1 Å². The first kappa shape index (κ1) is 21.4. The number of hydrogen-bond acceptors (Lipinski definition) is 5. The van der Waals surface area contributed by atoms with Crippen LogP contribution in [-0.4, -0.2) is 31.3 Å². The minimum absolute atomic E-state index is 0.0348. The number of hydrogen-bond donors (Lipinski definition) is 1. The van der Waals surface area contributed by atoms with Crippen molar-refractivity contribution in [3.05, 3.63) is 76.1 Å². The van der Waals surface area contributed by atoms with Crippen LogP contribution >= 0.6 is 11.8 Å². The minimum Gasteiger partial charge on any atom is -0.349 e. The number of carbonyl (C=O) groups is 1. The molecule has 1 aliphatic rings. The lowest BCUT2D eigenvalue weighted by molar-refractivity contribution is 0.0933. The van der Waals surface area contributed by atoms with E-state index in [0.29, 0.717) is 25.1 Å². The first-order chi connectivity index (χ1) is 15.1. The highest BCUT2D eigenvalue weighted by Gasteiger charge is 2.22. The number of fused-ring (bicyclic) bond motifs is 1. The number of pyridine rings is 1. The van der Waals surface area contributed by atoms with Crippen LogP contribution in [0.2, 0.25) is 0 Å². The second kappa shape index (κ2) is 9.96. The molecule has 0 spiro atoms. The lowest BCUT2D eigenvalue weighted by Gasteiger charge is -2.16. The largest absolute Gasteiger partial charge is 0.349 e. The molecule has 7 nitrogen and oxygen atoms in total. The van der Waals surface area contributed by atoms with Crippen molar-refractivity contribution in [2.24, 2.45) is 0 Å². The fourth-order valence-electron chi connectivity index (χ4n) is 3.74. The van der Waals surface area contributed by atoms with Crippen LogP contribution in [0.4, 0.5) is 0 Å². The van der Waals surface area contributed by atoms with Crippen molar-refractivity contribution in [1.82, 2.24) is 24.6 Å². The molecule has 1 aliphatic heterocycles. The number of carbonyl (C=O) groups excluding carboxylic acids is 1. The summed E-state index contributed by atoms with van der Waals surface area (Å²) in [5, 5.41) is 8.59. The summed E-state index contributed by atoms with van der Waals surface area (Å²) in [5.41, 5.74) is 1.76. The summed E-state index contributed by atoms with van der Waals surface area (Å²) in [5.74, 6) is 1.56. The smallest absolute Gasteiger partial charge is 0.345 e. The zero-order valence-electron chi connectivity index (χ0n) is 17.7. The molecule has 4 rings (SSSR count). The summed E-state index contributed by atoms with van der Waals surface area (Å²) in [6, 6.07) is 13.6. The Hall–Kier alpha value is -2.87. The van der Waals surface area contributed by atoms with Crippen molar-refractivity contribution in [3.63, 3.8) is 0 Å². The van der Waals surface area contributed by atoms with E-state index in [1.54, 1.807) is 27.2 Å². The second-order valence-electron chi connectivity index (χ2n) is 7.72. The molecule has 1 amide bonds. The molecule has 3 heterocycles. The maximum Gasteiger partial charge on any atom is 0.345 e. The van der Waals surface area contributed by atoms with Crippen molar-refractivity contribution in [3.8, 4) is 0 Å². The van der Waals surface area contributed by atoms with Crippen LogP contribution in [0.1, 0.15) is 47.9 Å². The quantitative estimate of drug-likeness (QED) is 0.574.